The quantitative estimate of drug-likeness (QED) is 0.917. The topological polar surface area (TPSA) is 43.4 Å². The zero-order chi connectivity index (χ0) is 14.5. The SMILES string of the molecule is COc1ccc(CNCC2CCOc3ccccc32)cn1. The molecule has 4 heteroatoms. The molecule has 3 rings (SSSR count). The van der Waals surface area contributed by atoms with Crippen LogP contribution in [0.25, 0.3) is 0 Å². The van der Waals surface area contributed by atoms with Gasteiger partial charge in [0.25, 0.3) is 0 Å². The molecule has 1 N–H and O–H groups in total. The molecule has 0 spiro atoms. The van der Waals surface area contributed by atoms with Gasteiger partial charge in [-0.1, -0.05) is 24.3 Å². The molecule has 0 saturated carbocycles. The number of ether oxygens (including phenoxy) is 2. The van der Waals surface area contributed by atoms with Gasteiger partial charge in [-0.2, -0.15) is 0 Å². The van der Waals surface area contributed by atoms with E-state index in [0.29, 0.717) is 11.8 Å². The van der Waals surface area contributed by atoms with Gasteiger partial charge in [0, 0.05) is 31.3 Å². The Morgan fingerprint density at radius 1 is 1.29 bits per heavy atom. The Balaban J connectivity index is 1.56. The van der Waals surface area contributed by atoms with Crippen molar-refractivity contribution in [3.05, 3.63) is 53.7 Å². The van der Waals surface area contributed by atoms with Crippen molar-refractivity contribution in [2.75, 3.05) is 20.3 Å². The minimum Gasteiger partial charge on any atom is -0.493 e. The van der Waals surface area contributed by atoms with E-state index in [4.69, 9.17) is 9.47 Å². The fourth-order valence-corrected chi connectivity index (χ4v) is 2.65. The van der Waals surface area contributed by atoms with Crippen LogP contribution in [0.15, 0.2) is 42.6 Å². The molecular weight excluding hydrogens is 264 g/mol. The molecule has 0 saturated heterocycles. The fraction of sp³-hybridized carbons (Fsp3) is 0.353. The van der Waals surface area contributed by atoms with E-state index < -0.39 is 0 Å². The standard InChI is InChI=1S/C17H20N2O2/c1-20-17-7-6-13(11-19-17)10-18-12-14-8-9-21-16-5-3-2-4-15(14)16/h2-7,11,14,18H,8-10,12H2,1H3. The van der Waals surface area contributed by atoms with Gasteiger partial charge < -0.3 is 14.8 Å². The third kappa shape index (κ3) is 3.34. The smallest absolute Gasteiger partial charge is 0.212 e. The Hall–Kier alpha value is -2.07. The van der Waals surface area contributed by atoms with Crippen LogP contribution in [0, 0.1) is 0 Å². The summed E-state index contributed by atoms with van der Waals surface area (Å²) < 4.78 is 10.8. The summed E-state index contributed by atoms with van der Waals surface area (Å²) in [5, 5.41) is 3.51. The average molecular weight is 284 g/mol. The third-order valence-electron chi connectivity index (χ3n) is 3.81. The normalized spacial score (nSPS) is 16.9. The molecule has 1 unspecified atom stereocenters. The van der Waals surface area contributed by atoms with Crippen molar-refractivity contribution in [1.29, 1.82) is 0 Å². The number of para-hydroxylation sites is 1. The maximum Gasteiger partial charge on any atom is 0.212 e. The molecule has 110 valence electrons. The van der Waals surface area contributed by atoms with Gasteiger partial charge in [0.2, 0.25) is 5.88 Å². The van der Waals surface area contributed by atoms with Gasteiger partial charge in [-0.3, -0.25) is 0 Å². The van der Waals surface area contributed by atoms with Gasteiger partial charge in [0.15, 0.2) is 0 Å². The predicted octanol–water partition coefficient (Wildman–Crippen LogP) is 2.75. The van der Waals surface area contributed by atoms with Gasteiger partial charge in [-0.05, 0) is 23.6 Å². The second-order valence-electron chi connectivity index (χ2n) is 5.21. The number of nitrogens with zero attached hydrogens (tertiary/aromatic N) is 1. The molecule has 0 radical (unpaired) electrons. The summed E-state index contributed by atoms with van der Waals surface area (Å²) in [6, 6.07) is 12.2. The molecule has 0 aliphatic carbocycles. The molecule has 1 atom stereocenters. The van der Waals surface area contributed by atoms with Crippen molar-refractivity contribution in [2.45, 2.75) is 18.9 Å². The number of benzene rings is 1. The van der Waals surface area contributed by atoms with Crippen LogP contribution < -0.4 is 14.8 Å². The maximum absolute atomic E-state index is 5.69. The summed E-state index contributed by atoms with van der Waals surface area (Å²) in [6.45, 7) is 2.57. The predicted molar refractivity (Wildman–Crippen MR) is 81.8 cm³/mol. The van der Waals surface area contributed by atoms with Crippen molar-refractivity contribution in [2.24, 2.45) is 0 Å². The van der Waals surface area contributed by atoms with Crippen LogP contribution in [-0.2, 0) is 6.54 Å². The second-order valence-corrected chi connectivity index (χ2v) is 5.21. The lowest BCUT2D eigenvalue weighted by Crippen LogP contribution is -2.25. The Labute approximate surface area is 125 Å². The number of methoxy groups -OCH3 is 1. The number of rotatable bonds is 5. The van der Waals surface area contributed by atoms with Crippen LogP contribution in [0.5, 0.6) is 11.6 Å². The Morgan fingerprint density at radius 3 is 3.00 bits per heavy atom. The van der Waals surface area contributed by atoms with Crippen LogP contribution in [0.3, 0.4) is 0 Å². The molecule has 1 aromatic carbocycles. The lowest BCUT2D eigenvalue weighted by atomic mass is 9.93. The molecule has 1 aliphatic heterocycles. The minimum atomic E-state index is 0.515. The first-order valence-electron chi connectivity index (χ1n) is 7.28. The lowest BCUT2D eigenvalue weighted by Gasteiger charge is -2.26. The number of fused-ring (bicyclic) bond motifs is 1. The van der Waals surface area contributed by atoms with Crippen LogP contribution in [0.1, 0.15) is 23.5 Å². The number of hydrogen-bond donors (Lipinski definition) is 1. The first kappa shape index (κ1) is 13.9. The van der Waals surface area contributed by atoms with Crippen LogP contribution >= 0.6 is 0 Å². The highest BCUT2D eigenvalue weighted by Gasteiger charge is 2.20. The van der Waals surface area contributed by atoms with Crippen LogP contribution in [0.4, 0.5) is 0 Å². The van der Waals surface area contributed by atoms with Gasteiger partial charge in [-0.15, -0.1) is 0 Å². The summed E-state index contributed by atoms with van der Waals surface area (Å²) >= 11 is 0. The lowest BCUT2D eigenvalue weighted by molar-refractivity contribution is 0.264. The molecule has 1 aliphatic rings. The number of aromatic nitrogens is 1. The Morgan fingerprint density at radius 2 is 2.19 bits per heavy atom. The average Bonchev–Trinajstić information content (AvgIpc) is 2.56. The largest absolute Gasteiger partial charge is 0.493 e. The number of pyridine rings is 1. The molecule has 1 aromatic heterocycles. The summed E-state index contributed by atoms with van der Waals surface area (Å²) in [5.74, 6) is 2.19. The maximum atomic E-state index is 5.69. The summed E-state index contributed by atoms with van der Waals surface area (Å²) in [5.41, 5.74) is 2.47. The van der Waals surface area contributed by atoms with Crippen LogP contribution in [-0.4, -0.2) is 25.2 Å². The summed E-state index contributed by atoms with van der Waals surface area (Å²) in [6.07, 6.45) is 2.91. The fourth-order valence-electron chi connectivity index (χ4n) is 2.65. The first-order chi connectivity index (χ1) is 10.4. The van der Waals surface area contributed by atoms with E-state index in [1.807, 2.05) is 24.4 Å². The monoisotopic (exact) mass is 284 g/mol. The van der Waals surface area contributed by atoms with Crippen molar-refractivity contribution in [1.82, 2.24) is 10.3 Å². The highest BCUT2D eigenvalue weighted by molar-refractivity contribution is 5.37. The van der Waals surface area contributed by atoms with Gasteiger partial charge in [0.05, 0.1) is 13.7 Å². The van der Waals surface area contributed by atoms with E-state index in [2.05, 4.69) is 28.5 Å². The molecule has 21 heavy (non-hydrogen) atoms. The number of hydrogen-bond acceptors (Lipinski definition) is 4. The van der Waals surface area contributed by atoms with E-state index >= 15 is 0 Å². The van der Waals surface area contributed by atoms with E-state index in [1.165, 1.54) is 5.56 Å². The number of nitrogens with one attached hydrogen (secondary N) is 1. The second kappa shape index (κ2) is 6.59. The Kier molecular flexibility index (Phi) is 4.36. The van der Waals surface area contributed by atoms with Crippen molar-refractivity contribution in [3.8, 4) is 11.6 Å². The molecule has 2 heterocycles. The zero-order valence-electron chi connectivity index (χ0n) is 12.2. The highest BCUT2D eigenvalue weighted by atomic mass is 16.5. The Bertz CT molecular complexity index is 584. The zero-order valence-corrected chi connectivity index (χ0v) is 12.2. The molecule has 4 nitrogen and oxygen atoms in total. The van der Waals surface area contributed by atoms with E-state index in [9.17, 15) is 0 Å². The molecule has 0 fully saturated rings. The van der Waals surface area contributed by atoms with Crippen molar-refractivity contribution < 1.29 is 9.47 Å². The van der Waals surface area contributed by atoms with Crippen molar-refractivity contribution in [3.63, 3.8) is 0 Å². The molecular formula is C17H20N2O2. The van der Waals surface area contributed by atoms with Gasteiger partial charge >= 0.3 is 0 Å². The molecule has 2 aromatic rings. The van der Waals surface area contributed by atoms with E-state index in [1.54, 1.807) is 7.11 Å². The summed E-state index contributed by atoms with van der Waals surface area (Å²) in [4.78, 5) is 4.22. The molecule has 0 bridgehead atoms. The van der Waals surface area contributed by atoms with Crippen LogP contribution in [0.2, 0.25) is 0 Å². The summed E-state index contributed by atoms with van der Waals surface area (Å²) in [7, 11) is 1.63. The molecule has 0 amide bonds. The first-order valence-corrected chi connectivity index (χ1v) is 7.28. The van der Waals surface area contributed by atoms with Gasteiger partial charge in [0.1, 0.15) is 5.75 Å². The van der Waals surface area contributed by atoms with E-state index in [0.717, 1.165) is 37.4 Å². The van der Waals surface area contributed by atoms with Gasteiger partial charge in [-0.25, -0.2) is 4.98 Å². The van der Waals surface area contributed by atoms with Crippen molar-refractivity contribution >= 4 is 0 Å². The minimum absolute atomic E-state index is 0.515. The highest BCUT2D eigenvalue weighted by Crippen LogP contribution is 2.32. The van der Waals surface area contributed by atoms with E-state index in [-0.39, 0.29) is 0 Å². The third-order valence-corrected chi connectivity index (χ3v) is 3.81.